The van der Waals surface area contributed by atoms with Gasteiger partial charge in [-0.2, -0.15) is 0 Å². The Bertz CT molecular complexity index is 510. The normalized spacial score (nSPS) is 18.6. The Morgan fingerprint density at radius 1 is 1.55 bits per heavy atom. The second kappa shape index (κ2) is 6.47. The molecular weight excluding hydrogens is 258 g/mol. The number of carbonyl (C=O) groups is 1. The molecule has 1 aromatic carbocycles. The van der Waals surface area contributed by atoms with Crippen molar-refractivity contribution in [3.8, 4) is 0 Å². The molecule has 0 unspecified atom stereocenters. The largest absolute Gasteiger partial charge is 0.326 e. The van der Waals surface area contributed by atoms with E-state index < -0.39 is 4.92 Å². The lowest BCUT2D eigenvalue weighted by molar-refractivity contribution is -0.385. The average molecular weight is 277 g/mol. The predicted molar refractivity (Wildman–Crippen MR) is 76.7 cm³/mol. The summed E-state index contributed by atoms with van der Waals surface area (Å²) in [4.78, 5) is 22.7. The van der Waals surface area contributed by atoms with Crippen LogP contribution < -0.4 is 10.6 Å². The van der Waals surface area contributed by atoms with E-state index in [4.69, 9.17) is 0 Å². The fourth-order valence-electron chi connectivity index (χ4n) is 2.43. The molecule has 0 spiro atoms. The summed E-state index contributed by atoms with van der Waals surface area (Å²) >= 11 is 0. The third-order valence-corrected chi connectivity index (χ3v) is 3.60. The molecular formula is C14H19N3O3. The molecule has 1 fully saturated rings. The number of nitro benzene ring substituents is 1. The lowest BCUT2D eigenvalue weighted by atomic mass is 9.98. The Hall–Kier alpha value is -1.95. The van der Waals surface area contributed by atoms with Crippen molar-refractivity contribution < 1.29 is 9.72 Å². The third kappa shape index (κ3) is 3.33. The fourth-order valence-corrected chi connectivity index (χ4v) is 2.43. The number of piperidine rings is 1. The van der Waals surface area contributed by atoms with Crippen molar-refractivity contribution in [2.75, 3.05) is 18.4 Å². The number of rotatable bonds is 4. The van der Waals surface area contributed by atoms with Crippen LogP contribution in [0.5, 0.6) is 0 Å². The number of nitrogens with one attached hydrogen (secondary N) is 2. The van der Waals surface area contributed by atoms with Gasteiger partial charge in [0.2, 0.25) is 5.91 Å². The standard InChI is InChI=1S/C14H19N3O3/c1-2-10-5-6-12(8-13(10)17(19)20)16-14(18)11-4-3-7-15-9-11/h5-6,8,11,15H,2-4,7,9H2,1H3,(H,16,18)/t11-/m0/s1. The van der Waals surface area contributed by atoms with Crippen molar-refractivity contribution in [3.63, 3.8) is 0 Å². The molecule has 1 amide bonds. The number of hydrogen-bond donors (Lipinski definition) is 2. The number of nitrogens with zero attached hydrogens (tertiary/aromatic N) is 1. The quantitative estimate of drug-likeness (QED) is 0.652. The minimum Gasteiger partial charge on any atom is -0.326 e. The summed E-state index contributed by atoms with van der Waals surface area (Å²) in [7, 11) is 0. The maximum atomic E-state index is 12.1. The smallest absolute Gasteiger partial charge is 0.274 e. The van der Waals surface area contributed by atoms with Gasteiger partial charge in [-0.1, -0.05) is 13.0 Å². The molecule has 2 rings (SSSR count). The monoisotopic (exact) mass is 277 g/mol. The molecule has 0 saturated carbocycles. The number of benzene rings is 1. The zero-order valence-corrected chi connectivity index (χ0v) is 11.5. The molecule has 0 bridgehead atoms. The highest BCUT2D eigenvalue weighted by atomic mass is 16.6. The number of anilines is 1. The van der Waals surface area contributed by atoms with Crippen LogP contribution in [0.2, 0.25) is 0 Å². The highest BCUT2D eigenvalue weighted by molar-refractivity contribution is 5.93. The summed E-state index contributed by atoms with van der Waals surface area (Å²) in [6, 6.07) is 4.86. The van der Waals surface area contributed by atoms with E-state index in [1.807, 2.05) is 6.92 Å². The molecule has 6 nitrogen and oxygen atoms in total. The summed E-state index contributed by atoms with van der Waals surface area (Å²) in [6.45, 7) is 3.48. The summed E-state index contributed by atoms with van der Waals surface area (Å²) in [5, 5.41) is 17.0. The van der Waals surface area contributed by atoms with Gasteiger partial charge < -0.3 is 10.6 Å². The molecule has 6 heteroatoms. The van der Waals surface area contributed by atoms with Gasteiger partial charge in [0, 0.05) is 23.9 Å². The van der Waals surface area contributed by atoms with Gasteiger partial charge in [-0.3, -0.25) is 14.9 Å². The van der Waals surface area contributed by atoms with Crippen molar-refractivity contribution in [2.45, 2.75) is 26.2 Å². The van der Waals surface area contributed by atoms with E-state index in [-0.39, 0.29) is 17.5 Å². The molecule has 0 aromatic heterocycles. The fraction of sp³-hybridized carbons (Fsp3) is 0.500. The van der Waals surface area contributed by atoms with Crippen LogP contribution in [0.4, 0.5) is 11.4 Å². The Morgan fingerprint density at radius 3 is 2.95 bits per heavy atom. The maximum Gasteiger partial charge on any atom is 0.274 e. The molecule has 20 heavy (non-hydrogen) atoms. The molecule has 1 atom stereocenters. The van der Waals surface area contributed by atoms with Crippen LogP contribution in [0.1, 0.15) is 25.3 Å². The van der Waals surface area contributed by atoms with Crippen LogP contribution in [-0.4, -0.2) is 23.9 Å². The number of nitro groups is 1. The van der Waals surface area contributed by atoms with Gasteiger partial charge in [0.15, 0.2) is 0 Å². The van der Waals surface area contributed by atoms with Crippen LogP contribution in [0.15, 0.2) is 18.2 Å². The van der Waals surface area contributed by atoms with E-state index in [2.05, 4.69) is 10.6 Å². The maximum absolute atomic E-state index is 12.1. The van der Waals surface area contributed by atoms with E-state index in [0.29, 0.717) is 24.2 Å². The van der Waals surface area contributed by atoms with Crippen LogP contribution in [0.3, 0.4) is 0 Å². The minimum atomic E-state index is -0.406. The van der Waals surface area contributed by atoms with Crippen LogP contribution in [-0.2, 0) is 11.2 Å². The molecule has 1 aromatic rings. The molecule has 1 aliphatic heterocycles. The number of amides is 1. The first-order valence-corrected chi connectivity index (χ1v) is 6.90. The summed E-state index contributed by atoms with van der Waals surface area (Å²) in [5.74, 6) is -0.135. The molecule has 1 saturated heterocycles. The average Bonchev–Trinajstić information content (AvgIpc) is 2.48. The Kier molecular flexibility index (Phi) is 4.68. The Balaban J connectivity index is 2.10. The van der Waals surface area contributed by atoms with Crippen molar-refractivity contribution >= 4 is 17.3 Å². The molecule has 0 radical (unpaired) electrons. The Morgan fingerprint density at radius 2 is 2.35 bits per heavy atom. The summed E-state index contributed by atoms with van der Waals surface area (Å²) in [5.41, 5.74) is 1.23. The van der Waals surface area contributed by atoms with Gasteiger partial charge in [-0.25, -0.2) is 0 Å². The topological polar surface area (TPSA) is 84.3 Å². The first-order chi connectivity index (χ1) is 9.61. The number of hydrogen-bond acceptors (Lipinski definition) is 4. The third-order valence-electron chi connectivity index (χ3n) is 3.60. The lowest BCUT2D eigenvalue weighted by Crippen LogP contribution is -2.37. The lowest BCUT2D eigenvalue weighted by Gasteiger charge is -2.21. The number of aryl methyl sites for hydroxylation is 1. The second-order valence-corrected chi connectivity index (χ2v) is 4.99. The summed E-state index contributed by atoms with van der Waals surface area (Å²) < 4.78 is 0. The van der Waals surface area contributed by atoms with Gasteiger partial charge in [0.25, 0.3) is 5.69 Å². The van der Waals surface area contributed by atoms with Crippen LogP contribution in [0, 0.1) is 16.0 Å². The SMILES string of the molecule is CCc1ccc(NC(=O)[C@H]2CCCNC2)cc1[N+](=O)[O-]. The zero-order chi connectivity index (χ0) is 14.5. The van der Waals surface area contributed by atoms with Gasteiger partial charge in [-0.05, 0) is 31.9 Å². The first-order valence-electron chi connectivity index (χ1n) is 6.90. The predicted octanol–water partition coefficient (Wildman–Crippen LogP) is 2.10. The highest BCUT2D eigenvalue weighted by Crippen LogP contribution is 2.24. The minimum absolute atomic E-state index is 0.0614. The van der Waals surface area contributed by atoms with E-state index in [0.717, 1.165) is 19.4 Å². The van der Waals surface area contributed by atoms with Crippen LogP contribution >= 0.6 is 0 Å². The van der Waals surface area contributed by atoms with Gasteiger partial charge in [0.05, 0.1) is 10.8 Å². The molecule has 1 aliphatic rings. The van der Waals surface area contributed by atoms with Crippen molar-refractivity contribution in [3.05, 3.63) is 33.9 Å². The Labute approximate surface area is 117 Å². The molecule has 108 valence electrons. The second-order valence-electron chi connectivity index (χ2n) is 4.99. The summed E-state index contributed by atoms with van der Waals surface area (Å²) in [6.07, 6.45) is 2.43. The van der Waals surface area contributed by atoms with E-state index in [1.165, 1.54) is 6.07 Å². The zero-order valence-electron chi connectivity index (χ0n) is 11.5. The van der Waals surface area contributed by atoms with Crippen LogP contribution in [0.25, 0.3) is 0 Å². The van der Waals surface area contributed by atoms with Gasteiger partial charge >= 0.3 is 0 Å². The van der Waals surface area contributed by atoms with Crippen molar-refractivity contribution in [1.29, 1.82) is 0 Å². The van der Waals surface area contributed by atoms with E-state index in [9.17, 15) is 14.9 Å². The first kappa shape index (κ1) is 14.5. The number of carbonyl (C=O) groups excluding carboxylic acids is 1. The highest BCUT2D eigenvalue weighted by Gasteiger charge is 2.21. The van der Waals surface area contributed by atoms with Crippen molar-refractivity contribution in [1.82, 2.24) is 5.32 Å². The van der Waals surface area contributed by atoms with E-state index in [1.54, 1.807) is 12.1 Å². The van der Waals surface area contributed by atoms with Gasteiger partial charge in [0.1, 0.15) is 0 Å². The van der Waals surface area contributed by atoms with E-state index >= 15 is 0 Å². The molecule has 1 heterocycles. The van der Waals surface area contributed by atoms with Gasteiger partial charge in [-0.15, -0.1) is 0 Å². The molecule has 0 aliphatic carbocycles. The van der Waals surface area contributed by atoms with Crippen molar-refractivity contribution in [2.24, 2.45) is 5.92 Å². The molecule has 2 N–H and O–H groups in total.